The van der Waals surface area contributed by atoms with Gasteiger partial charge in [0.15, 0.2) is 5.65 Å². The number of aryl methyl sites for hydroxylation is 1. The van der Waals surface area contributed by atoms with E-state index >= 15 is 0 Å². The smallest absolute Gasteiger partial charge is 0.262 e. The number of fused-ring (bicyclic) bond motifs is 1. The predicted molar refractivity (Wildman–Crippen MR) is 110 cm³/mol. The van der Waals surface area contributed by atoms with Gasteiger partial charge in [-0.05, 0) is 19.8 Å². The Morgan fingerprint density at radius 1 is 1.10 bits per heavy atom. The number of H-pyrrole nitrogens is 1. The van der Waals surface area contributed by atoms with Crippen LogP contribution in [0.25, 0.3) is 11.0 Å². The van der Waals surface area contributed by atoms with E-state index in [-0.39, 0.29) is 17.5 Å². The highest BCUT2D eigenvalue weighted by atomic mass is 16.2. The van der Waals surface area contributed by atoms with E-state index in [1.54, 1.807) is 17.9 Å². The summed E-state index contributed by atoms with van der Waals surface area (Å²) in [6.45, 7) is 7.83. The summed E-state index contributed by atoms with van der Waals surface area (Å²) in [6.07, 6.45) is 6.26. The van der Waals surface area contributed by atoms with Crippen LogP contribution < -0.4 is 5.56 Å². The second-order valence-corrected chi connectivity index (χ2v) is 8.25. The van der Waals surface area contributed by atoms with Gasteiger partial charge < -0.3 is 9.88 Å². The second-order valence-electron chi connectivity index (χ2n) is 8.25. The van der Waals surface area contributed by atoms with Crippen molar-refractivity contribution in [1.82, 2.24) is 34.4 Å². The minimum atomic E-state index is -0.145. The highest BCUT2D eigenvalue weighted by Crippen LogP contribution is 2.15. The topological polar surface area (TPSA) is 90.4 Å². The van der Waals surface area contributed by atoms with Crippen molar-refractivity contribution in [2.75, 3.05) is 39.3 Å². The molecule has 0 aromatic carbocycles. The van der Waals surface area contributed by atoms with E-state index in [1.165, 1.54) is 12.8 Å². The molecule has 1 N–H and O–H groups in total. The van der Waals surface area contributed by atoms with Gasteiger partial charge in [-0.1, -0.05) is 12.8 Å². The summed E-state index contributed by atoms with van der Waals surface area (Å²) in [5, 5.41) is 4.63. The van der Waals surface area contributed by atoms with Crippen molar-refractivity contribution in [2.24, 2.45) is 7.05 Å². The summed E-state index contributed by atoms with van der Waals surface area (Å²) >= 11 is 0. The second kappa shape index (κ2) is 8.62. The highest BCUT2D eigenvalue weighted by Gasteiger charge is 2.29. The molecule has 29 heavy (non-hydrogen) atoms. The van der Waals surface area contributed by atoms with Gasteiger partial charge in [0, 0.05) is 46.3 Å². The van der Waals surface area contributed by atoms with E-state index in [2.05, 4.69) is 29.8 Å². The molecule has 2 fully saturated rings. The Kier molecular flexibility index (Phi) is 5.96. The van der Waals surface area contributed by atoms with Crippen molar-refractivity contribution in [3.63, 3.8) is 0 Å². The molecule has 9 nitrogen and oxygen atoms in total. The number of nitrogens with one attached hydrogen (secondary N) is 1. The SMILES string of the molecule is CC(C(=O)N1CCCCCC1)N1CCN(Cc2nc3c(cnn3C)c(=O)[nH]2)CC1. The first-order valence-electron chi connectivity index (χ1n) is 10.7. The predicted octanol–water partition coefficient (Wildman–Crippen LogP) is 0.565. The van der Waals surface area contributed by atoms with Crippen LogP contribution in [0.2, 0.25) is 0 Å². The van der Waals surface area contributed by atoms with E-state index in [4.69, 9.17) is 0 Å². The molecule has 2 aromatic rings. The number of hydrogen-bond donors (Lipinski definition) is 1. The maximum Gasteiger partial charge on any atom is 0.262 e. The molecule has 1 unspecified atom stereocenters. The zero-order chi connectivity index (χ0) is 20.4. The van der Waals surface area contributed by atoms with Crippen LogP contribution in [0.5, 0.6) is 0 Å². The number of carbonyl (C=O) groups excluding carboxylic acids is 1. The monoisotopic (exact) mass is 401 g/mol. The van der Waals surface area contributed by atoms with Crippen molar-refractivity contribution in [3.8, 4) is 0 Å². The summed E-state index contributed by atoms with van der Waals surface area (Å²) in [5.41, 5.74) is 0.465. The van der Waals surface area contributed by atoms with E-state index in [0.29, 0.717) is 23.4 Å². The number of piperazine rings is 1. The van der Waals surface area contributed by atoms with Crippen LogP contribution in [0.15, 0.2) is 11.0 Å². The van der Waals surface area contributed by atoms with Crippen molar-refractivity contribution in [3.05, 3.63) is 22.4 Å². The highest BCUT2D eigenvalue weighted by molar-refractivity contribution is 5.81. The number of amides is 1. The molecular weight excluding hydrogens is 370 g/mol. The minimum Gasteiger partial charge on any atom is -0.341 e. The van der Waals surface area contributed by atoms with Crippen molar-refractivity contribution < 1.29 is 4.79 Å². The molecule has 1 atom stereocenters. The third-order valence-corrected chi connectivity index (χ3v) is 6.25. The first kappa shape index (κ1) is 20.0. The van der Waals surface area contributed by atoms with Gasteiger partial charge in [-0.25, -0.2) is 4.98 Å². The zero-order valence-electron chi connectivity index (χ0n) is 17.4. The Hall–Kier alpha value is -2.26. The molecule has 2 aliphatic heterocycles. The van der Waals surface area contributed by atoms with E-state index in [0.717, 1.165) is 52.1 Å². The Balaban J connectivity index is 1.34. The number of nitrogens with zero attached hydrogens (tertiary/aromatic N) is 6. The summed E-state index contributed by atoms with van der Waals surface area (Å²) < 4.78 is 1.63. The molecule has 0 aliphatic carbocycles. The fourth-order valence-electron chi connectivity index (χ4n) is 4.38. The van der Waals surface area contributed by atoms with Crippen LogP contribution in [-0.2, 0) is 18.4 Å². The molecule has 2 aromatic heterocycles. The van der Waals surface area contributed by atoms with Gasteiger partial charge in [0.2, 0.25) is 5.91 Å². The maximum absolute atomic E-state index is 12.9. The van der Waals surface area contributed by atoms with Gasteiger partial charge >= 0.3 is 0 Å². The van der Waals surface area contributed by atoms with Gasteiger partial charge in [0.1, 0.15) is 11.2 Å². The van der Waals surface area contributed by atoms with Crippen LogP contribution >= 0.6 is 0 Å². The molecule has 158 valence electrons. The van der Waals surface area contributed by atoms with Crippen LogP contribution in [0.4, 0.5) is 0 Å². The molecule has 2 saturated heterocycles. The summed E-state index contributed by atoms with van der Waals surface area (Å²) in [5.74, 6) is 0.932. The maximum atomic E-state index is 12.9. The average Bonchev–Trinajstić information content (AvgIpc) is 2.93. The zero-order valence-corrected chi connectivity index (χ0v) is 17.4. The van der Waals surface area contributed by atoms with Crippen LogP contribution in [-0.4, -0.2) is 85.7 Å². The first-order valence-corrected chi connectivity index (χ1v) is 10.7. The number of carbonyl (C=O) groups is 1. The number of aromatic nitrogens is 4. The largest absolute Gasteiger partial charge is 0.341 e. The van der Waals surface area contributed by atoms with Crippen molar-refractivity contribution in [1.29, 1.82) is 0 Å². The number of hydrogen-bond acceptors (Lipinski definition) is 6. The van der Waals surface area contributed by atoms with Gasteiger partial charge in [-0.3, -0.25) is 24.1 Å². The van der Waals surface area contributed by atoms with Crippen molar-refractivity contribution >= 4 is 16.9 Å². The Labute approximate surface area is 170 Å². The molecule has 4 rings (SSSR count). The molecule has 1 amide bonds. The lowest BCUT2D eigenvalue weighted by Gasteiger charge is -2.38. The lowest BCUT2D eigenvalue weighted by atomic mass is 10.2. The molecule has 2 aliphatic rings. The number of aromatic amines is 1. The third-order valence-electron chi connectivity index (χ3n) is 6.25. The Morgan fingerprint density at radius 2 is 1.79 bits per heavy atom. The molecule has 0 radical (unpaired) electrons. The third kappa shape index (κ3) is 4.35. The Bertz CT molecular complexity index is 905. The molecule has 9 heteroatoms. The number of likely N-dealkylation sites (tertiary alicyclic amines) is 1. The van der Waals surface area contributed by atoms with Gasteiger partial charge in [-0.15, -0.1) is 0 Å². The Morgan fingerprint density at radius 3 is 2.48 bits per heavy atom. The van der Waals surface area contributed by atoms with Crippen molar-refractivity contribution in [2.45, 2.75) is 45.2 Å². The summed E-state index contributed by atoms with van der Waals surface area (Å²) in [7, 11) is 1.79. The fourth-order valence-corrected chi connectivity index (χ4v) is 4.38. The van der Waals surface area contributed by atoms with Crippen LogP contribution in [0.3, 0.4) is 0 Å². The van der Waals surface area contributed by atoms with E-state index in [9.17, 15) is 9.59 Å². The fraction of sp³-hybridized carbons (Fsp3) is 0.700. The normalized spacial score (nSPS) is 20.7. The molecule has 0 saturated carbocycles. The summed E-state index contributed by atoms with van der Waals surface area (Å²) in [4.78, 5) is 39.2. The minimum absolute atomic E-state index is 0.0704. The molecule has 0 spiro atoms. The van der Waals surface area contributed by atoms with Gasteiger partial charge in [0.25, 0.3) is 5.56 Å². The van der Waals surface area contributed by atoms with Gasteiger partial charge in [0.05, 0.1) is 18.8 Å². The first-order chi connectivity index (χ1) is 14.0. The molecule has 0 bridgehead atoms. The van der Waals surface area contributed by atoms with Crippen LogP contribution in [0, 0.1) is 0 Å². The lowest BCUT2D eigenvalue weighted by Crippen LogP contribution is -2.54. The number of rotatable bonds is 4. The standard InChI is InChI=1S/C20H31N7O2/c1-15(20(29)27-7-5-3-4-6-8-27)26-11-9-25(10-12-26)14-17-22-18-16(19(28)23-17)13-21-24(18)2/h13,15H,3-12,14H2,1-2H3,(H,22,23,28). The van der Waals surface area contributed by atoms with E-state index in [1.807, 2.05) is 6.92 Å². The molecule has 4 heterocycles. The summed E-state index contributed by atoms with van der Waals surface area (Å²) in [6, 6.07) is -0.0704. The van der Waals surface area contributed by atoms with Crippen LogP contribution in [0.1, 0.15) is 38.4 Å². The van der Waals surface area contributed by atoms with E-state index < -0.39 is 0 Å². The lowest BCUT2D eigenvalue weighted by molar-refractivity contribution is -0.137. The molecular formula is C20H31N7O2. The average molecular weight is 402 g/mol. The van der Waals surface area contributed by atoms with Gasteiger partial charge in [-0.2, -0.15) is 5.10 Å². The quantitative estimate of drug-likeness (QED) is 0.805.